The van der Waals surface area contributed by atoms with E-state index in [-0.39, 0.29) is 24.4 Å². The number of carbonyl (C=O) groups excluding carboxylic acids is 1. The number of amides is 1. The molecule has 6 rings (SSSR count). The number of aryl methyl sites for hydroxylation is 1. The SMILES string of the molecule is C=CC(=O)N1CCN(c2nc(OC[C@@H]3C[C@H](F)CN3C)nc3c2CCC(N2CCCc4ccccc42)C3)C[C@@H]1CC#N. The van der Waals surface area contributed by atoms with Gasteiger partial charge >= 0.3 is 6.01 Å². The maximum absolute atomic E-state index is 14.0. The van der Waals surface area contributed by atoms with E-state index in [0.717, 1.165) is 55.7 Å². The summed E-state index contributed by atoms with van der Waals surface area (Å²) in [6.45, 7) is 7.02. The molecule has 2 saturated heterocycles. The summed E-state index contributed by atoms with van der Waals surface area (Å²) in [5, 5.41) is 9.51. The van der Waals surface area contributed by atoms with Gasteiger partial charge in [-0.15, -0.1) is 0 Å². The van der Waals surface area contributed by atoms with Gasteiger partial charge in [0.15, 0.2) is 0 Å². The summed E-state index contributed by atoms with van der Waals surface area (Å²) in [7, 11) is 1.92. The summed E-state index contributed by atoms with van der Waals surface area (Å²) in [5.74, 6) is 0.685. The lowest BCUT2D eigenvalue weighted by molar-refractivity contribution is -0.128. The highest BCUT2D eigenvalue weighted by molar-refractivity contribution is 5.87. The maximum Gasteiger partial charge on any atom is 0.318 e. The number of likely N-dealkylation sites (tertiary alicyclic amines) is 1. The van der Waals surface area contributed by atoms with Crippen molar-refractivity contribution in [1.29, 1.82) is 5.26 Å². The number of fused-ring (bicyclic) bond motifs is 2. The van der Waals surface area contributed by atoms with Crippen molar-refractivity contribution < 1.29 is 13.9 Å². The molecule has 0 bridgehead atoms. The molecule has 1 unspecified atom stereocenters. The van der Waals surface area contributed by atoms with Crippen molar-refractivity contribution in [3.05, 3.63) is 53.7 Å². The van der Waals surface area contributed by atoms with Crippen molar-refractivity contribution in [1.82, 2.24) is 19.8 Å². The largest absolute Gasteiger partial charge is 0.462 e. The normalized spacial score (nSPS) is 25.9. The third-order valence-corrected chi connectivity index (χ3v) is 9.40. The van der Waals surface area contributed by atoms with Gasteiger partial charge in [0.1, 0.15) is 18.6 Å². The molecule has 2 aromatic rings. The molecule has 10 heteroatoms. The van der Waals surface area contributed by atoms with Crippen LogP contribution in [0.4, 0.5) is 15.9 Å². The monoisotopic (exact) mass is 573 g/mol. The third kappa shape index (κ3) is 5.67. The van der Waals surface area contributed by atoms with E-state index >= 15 is 0 Å². The van der Waals surface area contributed by atoms with Crippen LogP contribution in [0.15, 0.2) is 36.9 Å². The Morgan fingerprint density at radius 1 is 1.19 bits per heavy atom. The van der Waals surface area contributed by atoms with Crippen molar-refractivity contribution in [2.75, 3.05) is 56.2 Å². The zero-order valence-corrected chi connectivity index (χ0v) is 24.4. The number of nitrogens with zero attached hydrogens (tertiary/aromatic N) is 7. The Labute approximate surface area is 247 Å². The fourth-order valence-corrected chi connectivity index (χ4v) is 7.20. The Hall–Kier alpha value is -3.71. The van der Waals surface area contributed by atoms with Gasteiger partial charge in [0.05, 0.1) is 24.2 Å². The number of hydrogen-bond donors (Lipinski definition) is 0. The van der Waals surface area contributed by atoms with E-state index in [9.17, 15) is 14.4 Å². The molecule has 1 aromatic carbocycles. The van der Waals surface area contributed by atoms with Gasteiger partial charge in [-0.2, -0.15) is 15.2 Å². The van der Waals surface area contributed by atoms with Crippen molar-refractivity contribution in [2.24, 2.45) is 0 Å². The fourth-order valence-electron chi connectivity index (χ4n) is 7.20. The molecule has 9 nitrogen and oxygen atoms in total. The Morgan fingerprint density at radius 3 is 2.83 bits per heavy atom. The summed E-state index contributed by atoms with van der Waals surface area (Å²) in [5.41, 5.74) is 4.86. The molecule has 2 fully saturated rings. The average molecular weight is 574 g/mol. The minimum Gasteiger partial charge on any atom is -0.462 e. The van der Waals surface area contributed by atoms with Crippen LogP contribution in [0.5, 0.6) is 6.01 Å². The number of likely N-dealkylation sites (N-methyl/N-ethyl adjacent to an activating group) is 1. The molecule has 0 radical (unpaired) electrons. The number of ether oxygens (including phenoxy) is 1. The van der Waals surface area contributed by atoms with Crippen LogP contribution in [-0.2, 0) is 24.1 Å². The number of carbonyl (C=O) groups is 1. The summed E-state index contributed by atoms with van der Waals surface area (Å²) in [6, 6.07) is 11.3. The molecule has 1 aromatic heterocycles. The average Bonchev–Trinajstić information content (AvgIpc) is 3.34. The van der Waals surface area contributed by atoms with Crippen LogP contribution >= 0.6 is 0 Å². The highest BCUT2D eigenvalue weighted by atomic mass is 19.1. The predicted octanol–water partition coefficient (Wildman–Crippen LogP) is 3.32. The van der Waals surface area contributed by atoms with Crippen LogP contribution in [0.3, 0.4) is 0 Å². The molecule has 4 aliphatic rings. The highest BCUT2D eigenvalue weighted by Crippen LogP contribution is 2.37. The molecule has 3 aliphatic heterocycles. The number of anilines is 2. The lowest BCUT2D eigenvalue weighted by Crippen LogP contribution is -2.55. The molecule has 1 aliphatic carbocycles. The molecule has 4 atom stereocenters. The highest BCUT2D eigenvalue weighted by Gasteiger charge is 2.36. The molecule has 222 valence electrons. The molecule has 0 spiro atoms. The standard InChI is InChI=1S/C32H40FN7O2/c1-3-30(41)40-16-15-38(20-25(40)12-13-34)31-27-11-10-24(39-14-6-8-22-7-4-5-9-29(22)39)18-28(27)35-32(36-31)42-21-26-17-23(33)19-37(26)2/h3-5,7,9,23-26H,1,6,8,10-12,14-21H2,2H3/t23-,24?,25-,26-/m0/s1. The second-order valence-corrected chi connectivity index (χ2v) is 12.0. The van der Waals surface area contributed by atoms with E-state index in [1.807, 2.05) is 11.9 Å². The van der Waals surface area contributed by atoms with E-state index in [2.05, 4.69) is 46.7 Å². The summed E-state index contributed by atoms with van der Waals surface area (Å²) in [6.07, 6.45) is 6.05. The van der Waals surface area contributed by atoms with Crippen LogP contribution in [-0.4, -0.2) is 96.4 Å². The van der Waals surface area contributed by atoms with Crippen LogP contribution < -0.4 is 14.5 Å². The minimum atomic E-state index is -0.844. The number of piperazine rings is 1. The predicted molar refractivity (Wildman–Crippen MR) is 160 cm³/mol. The van der Waals surface area contributed by atoms with Gasteiger partial charge in [-0.3, -0.25) is 9.69 Å². The van der Waals surface area contributed by atoms with Crippen LogP contribution in [0.25, 0.3) is 0 Å². The Kier molecular flexibility index (Phi) is 8.29. The first kappa shape index (κ1) is 28.4. The first-order valence-electron chi connectivity index (χ1n) is 15.2. The minimum absolute atomic E-state index is 0.0193. The molecular weight excluding hydrogens is 533 g/mol. The zero-order valence-electron chi connectivity index (χ0n) is 24.4. The number of alkyl halides is 1. The number of rotatable bonds is 7. The van der Waals surface area contributed by atoms with Gasteiger partial charge in [-0.05, 0) is 56.9 Å². The van der Waals surface area contributed by atoms with Gasteiger partial charge in [-0.1, -0.05) is 24.8 Å². The smallest absolute Gasteiger partial charge is 0.318 e. The van der Waals surface area contributed by atoms with Crippen molar-refractivity contribution >= 4 is 17.4 Å². The molecule has 4 heterocycles. The van der Waals surface area contributed by atoms with Crippen molar-refractivity contribution in [3.8, 4) is 12.1 Å². The number of hydrogen-bond acceptors (Lipinski definition) is 8. The summed E-state index contributed by atoms with van der Waals surface area (Å²) < 4.78 is 20.2. The van der Waals surface area contributed by atoms with Crippen LogP contribution in [0.1, 0.15) is 42.5 Å². The Morgan fingerprint density at radius 2 is 2.05 bits per heavy atom. The first-order chi connectivity index (χ1) is 20.4. The second-order valence-electron chi connectivity index (χ2n) is 12.0. The van der Waals surface area contributed by atoms with Crippen molar-refractivity contribution in [2.45, 2.75) is 69.2 Å². The van der Waals surface area contributed by atoms with E-state index in [1.54, 1.807) is 4.90 Å². The quantitative estimate of drug-likeness (QED) is 0.467. The third-order valence-electron chi connectivity index (χ3n) is 9.40. The Balaban J connectivity index is 1.29. The lowest BCUT2D eigenvalue weighted by Gasteiger charge is -2.43. The topological polar surface area (TPSA) is 88.8 Å². The molecule has 0 saturated carbocycles. The number of para-hydroxylation sites is 1. The van der Waals surface area contributed by atoms with Gasteiger partial charge in [0.2, 0.25) is 5.91 Å². The first-order valence-corrected chi connectivity index (χ1v) is 15.2. The van der Waals surface area contributed by atoms with E-state index in [0.29, 0.717) is 51.3 Å². The van der Waals surface area contributed by atoms with Gasteiger partial charge in [0.25, 0.3) is 0 Å². The number of aromatic nitrogens is 2. The number of benzene rings is 1. The van der Waals surface area contributed by atoms with Gasteiger partial charge in [-0.25, -0.2) is 4.39 Å². The number of nitriles is 1. The van der Waals surface area contributed by atoms with Gasteiger partial charge < -0.3 is 19.4 Å². The van der Waals surface area contributed by atoms with E-state index in [4.69, 9.17) is 14.7 Å². The van der Waals surface area contributed by atoms with E-state index < -0.39 is 6.17 Å². The number of halogens is 1. The fraction of sp³-hybridized carbons (Fsp3) is 0.562. The van der Waals surface area contributed by atoms with E-state index in [1.165, 1.54) is 17.3 Å². The maximum atomic E-state index is 14.0. The van der Waals surface area contributed by atoms with Crippen LogP contribution in [0, 0.1) is 11.3 Å². The van der Waals surface area contributed by atoms with Gasteiger partial charge in [0, 0.05) is 62.5 Å². The molecule has 0 N–H and O–H groups in total. The molecule has 1 amide bonds. The zero-order chi connectivity index (χ0) is 29.2. The molecule has 42 heavy (non-hydrogen) atoms. The molecular formula is C32H40FN7O2. The lowest BCUT2D eigenvalue weighted by atomic mass is 9.88. The second kappa shape index (κ2) is 12.3. The Bertz CT molecular complexity index is 1360. The summed E-state index contributed by atoms with van der Waals surface area (Å²) in [4.78, 5) is 30.9. The summed E-state index contributed by atoms with van der Waals surface area (Å²) >= 11 is 0. The van der Waals surface area contributed by atoms with Crippen molar-refractivity contribution in [3.63, 3.8) is 0 Å². The van der Waals surface area contributed by atoms with Crippen LogP contribution in [0.2, 0.25) is 0 Å².